The molecular formula is C5H3F8O4S-. The maximum Gasteiger partial charge on any atom is 0.436 e. The highest BCUT2D eigenvalue weighted by molar-refractivity contribution is 7.95. The first-order valence-corrected chi connectivity index (χ1v) is 4.37. The molecule has 0 amide bonds. The standard InChI is InChI=1S/C5H4F8O4S/c1-2(6,7)3(8,9)15-4(10,11)5(12,13)18-17-16-14/h14H,1H3/p-1. The Labute approximate surface area is 97.8 Å². The van der Waals surface area contributed by atoms with Crippen LogP contribution in [0.1, 0.15) is 6.92 Å². The number of ether oxygens (including phenoxy) is 1. The molecule has 0 aliphatic rings. The van der Waals surface area contributed by atoms with Gasteiger partial charge in [-0.05, 0) is 0 Å². The van der Waals surface area contributed by atoms with E-state index in [-0.39, 0.29) is 0 Å². The van der Waals surface area contributed by atoms with Gasteiger partial charge in [0.2, 0.25) is 0 Å². The maximum absolute atomic E-state index is 12.5. The van der Waals surface area contributed by atoms with Crippen LogP contribution in [-0.2, 0) is 14.1 Å². The van der Waals surface area contributed by atoms with Crippen molar-refractivity contribution in [3.8, 4) is 0 Å². The molecule has 0 saturated heterocycles. The van der Waals surface area contributed by atoms with Crippen molar-refractivity contribution in [2.75, 3.05) is 0 Å². The van der Waals surface area contributed by atoms with Gasteiger partial charge < -0.3 is 5.26 Å². The third-order valence-electron chi connectivity index (χ3n) is 1.27. The normalized spacial score (nSPS) is 15.0. The van der Waals surface area contributed by atoms with E-state index in [1.54, 1.807) is 0 Å². The van der Waals surface area contributed by atoms with Crippen molar-refractivity contribution in [3.05, 3.63) is 0 Å². The smallest absolute Gasteiger partial charge is 0.436 e. The van der Waals surface area contributed by atoms with Crippen LogP contribution < -0.4 is 5.26 Å². The van der Waals surface area contributed by atoms with Gasteiger partial charge in [-0.15, -0.1) is 0 Å². The molecule has 13 heteroatoms. The third kappa shape index (κ3) is 4.08. The summed E-state index contributed by atoms with van der Waals surface area (Å²) in [5, 5.41) is 5.82. The zero-order valence-corrected chi connectivity index (χ0v) is 8.88. The Hall–Kier alpha value is -0.370. The molecule has 0 aromatic heterocycles. The largest absolute Gasteiger partial charge is 0.691 e. The molecule has 0 radical (unpaired) electrons. The molecule has 0 aromatic rings. The minimum atomic E-state index is -6.06. The Kier molecular flexibility index (Phi) is 5.21. The van der Waals surface area contributed by atoms with Gasteiger partial charge in [0.1, 0.15) is 12.0 Å². The predicted molar refractivity (Wildman–Crippen MR) is 36.3 cm³/mol. The molecule has 0 fully saturated rings. The van der Waals surface area contributed by atoms with Gasteiger partial charge in [-0.2, -0.15) is 39.5 Å². The number of halogens is 8. The van der Waals surface area contributed by atoms with E-state index in [0.29, 0.717) is 0 Å². The monoisotopic (exact) mass is 311 g/mol. The van der Waals surface area contributed by atoms with Gasteiger partial charge in [-0.3, -0.25) is 5.04 Å². The average Bonchev–Trinajstić information content (AvgIpc) is 2.10. The Morgan fingerprint density at radius 3 is 1.67 bits per heavy atom. The van der Waals surface area contributed by atoms with E-state index in [2.05, 4.69) is 14.1 Å². The van der Waals surface area contributed by atoms with Crippen LogP contribution in [0.4, 0.5) is 35.1 Å². The predicted octanol–water partition coefficient (Wildman–Crippen LogP) is 2.31. The van der Waals surface area contributed by atoms with Gasteiger partial charge in [0, 0.05) is 6.92 Å². The number of hydrogen-bond acceptors (Lipinski definition) is 5. The van der Waals surface area contributed by atoms with Crippen LogP contribution in [0.2, 0.25) is 0 Å². The second-order valence-corrected chi connectivity index (χ2v) is 3.58. The van der Waals surface area contributed by atoms with Gasteiger partial charge >= 0.3 is 23.4 Å². The highest BCUT2D eigenvalue weighted by Gasteiger charge is 2.68. The number of hydrogen-bond donors (Lipinski definition) is 0. The highest BCUT2D eigenvalue weighted by Crippen LogP contribution is 2.49. The molecule has 0 atom stereocenters. The Morgan fingerprint density at radius 1 is 0.889 bits per heavy atom. The van der Waals surface area contributed by atoms with Gasteiger partial charge in [0.25, 0.3) is 0 Å². The third-order valence-corrected chi connectivity index (χ3v) is 1.84. The van der Waals surface area contributed by atoms with Crippen molar-refractivity contribution in [3.63, 3.8) is 0 Å². The lowest BCUT2D eigenvalue weighted by Crippen LogP contribution is -2.51. The lowest BCUT2D eigenvalue weighted by molar-refractivity contribution is -0.777. The van der Waals surface area contributed by atoms with Crippen LogP contribution in [0.3, 0.4) is 0 Å². The number of rotatable bonds is 7. The summed E-state index contributed by atoms with van der Waals surface area (Å²) in [5.41, 5.74) is 0. The molecule has 0 saturated carbocycles. The Balaban J connectivity index is 4.94. The average molecular weight is 311 g/mol. The van der Waals surface area contributed by atoms with E-state index in [1.165, 1.54) is 0 Å². The van der Waals surface area contributed by atoms with E-state index < -0.39 is 42.4 Å². The van der Waals surface area contributed by atoms with E-state index in [1.807, 2.05) is 0 Å². The summed E-state index contributed by atoms with van der Waals surface area (Å²) < 4.78 is 104. The summed E-state index contributed by atoms with van der Waals surface area (Å²) in [7, 11) is 0. The van der Waals surface area contributed by atoms with Crippen molar-refractivity contribution >= 4 is 12.0 Å². The van der Waals surface area contributed by atoms with Gasteiger partial charge in [-0.25, -0.2) is 4.74 Å². The van der Waals surface area contributed by atoms with Crippen molar-refractivity contribution < 1.29 is 54.5 Å². The van der Waals surface area contributed by atoms with Gasteiger partial charge in [0.05, 0.1) is 0 Å². The lowest BCUT2D eigenvalue weighted by Gasteiger charge is -2.30. The van der Waals surface area contributed by atoms with Crippen molar-refractivity contribution in [1.82, 2.24) is 0 Å². The molecule has 0 heterocycles. The second-order valence-electron chi connectivity index (χ2n) is 2.76. The van der Waals surface area contributed by atoms with Crippen molar-refractivity contribution in [1.29, 1.82) is 0 Å². The molecule has 0 spiro atoms. The van der Waals surface area contributed by atoms with Crippen LogP contribution in [-0.4, -0.2) is 23.4 Å². The molecule has 0 bridgehead atoms. The lowest BCUT2D eigenvalue weighted by atomic mass is 10.3. The van der Waals surface area contributed by atoms with E-state index in [0.717, 1.165) is 0 Å². The highest BCUT2D eigenvalue weighted by atomic mass is 32.2. The molecule has 0 aliphatic carbocycles. The molecule has 0 unspecified atom stereocenters. The summed E-state index contributed by atoms with van der Waals surface area (Å²) in [6.45, 7) is -0.522. The molecule has 0 N–H and O–H groups in total. The fourth-order valence-electron chi connectivity index (χ4n) is 0.415. The van der Waals surface area contributed by atoms with Gasteiger partial charge in [-0.1, -0.05) is 0 Å². The molecular weight excluding hydrogens is 308 g/mol. The SMILES string of the molecule is CC(F)(F)C(F)(F)OC(F)(F)C(F)(F)SOO[O-]. The van der Waals surface area contributed by atoms with Crippen LogP contribution in [0.25, 0.3) is 0 Å². The molecule has 18 heavy (non-hydrogen) atoms. The van der Waals surface area contributed by atoms with Crippen LogP contribution in [0, 0.1) is 0 Å². The quantitative estimate of drug-likeness (QED) is 0.312. The fraction of sp³-hybridized carbons (Fsp3) is 1.00. The van der Waals surface area contributed by atoms with E-state index in [4.69, 9.17) is 5.26 Å². The minimum absolute atomic E-state index is 0.522. The first kappa shape index (κ1) is 17.6. The zero-order valence-electron chi connectivity index (χ0n) is 8.06. The first-order valence-electron chi connectivity index (χ1n) is 3.62. The van der Waals surface area contributed by atoms with Gasteiger partial charge in [0.15, 0.2) is 0 Å². The zero-order chi connectivity index (χ0) is 14.8. The van der Waals surface area contributed by atoms with Crippen LogP contribution in [0.15, 0.2) is 0 Å². The summed E-state index contributed by atoms with van der Waals surface area (Å²) in [6, 6.07) is 0. The summed E-state index contributed by atoms with van der Waals surface area (Å²) in [4.78, 5) is 0. The van der Waals surface area contributed by atoms with Crippen LogP contribution >= 0.6 is 12.0 Å². The molecule has 0 rings (SSSR count). The van der Waals surface area contributed by atoms with E-state index in [9.17, 15) is 35.1 Å². The summed E-state index contributed by atoms with van der Waals surface area (Å²) in [5.74, 6) is -5.15. The maximum atomic E-state index is 12.5. The number of alkyl halides is 8. The fourth-order valence-corrected chi connectivity index (χ4v) is 0.667. The van der Waals surface area contributed by atoms with E-state index >= 15 is 0 Å². The molecule has 4 nitrogen and oxygen atoms in total. The van der Waals surface area contributed by atoms with Crippen molar-refractivity contribution in [2.45, 2.75) is 30.3 Å². The first-order chi connectivity index (χ1) is 7.77. The second kappa shape index (κ2) is 5.32. The summed E-state index contributed by atoms with van der Waals surface area (Å²) in [6.07, 6.45) is -11.9. The molecule has 0 aliphatic heterocycles. The molecule has 0 aromatic carbocycles. The Bertz CT molecular complexity index is 279. The molecule has 110 valence electrons. The minimum Gasteiger partial charge on any atom is -0.691 e. The summed E-state index contributed by atoms with van der Waals surface area (Å²) >= 11 is -1.68. The Morgan fingerprint density at radius 2 is 1.33 bits per heavy atom. The topological polar surface area (TPSA) is 50.8 Å². The van der Waals surface area contributed by atoms with Crippen LogP contribution in [0.5, 0.6) is 0 Å². The van der Waals surface area contributed by atoms with Crippen molar-refractivity contribution in [2.24, 2.45) is 0 Å².